The molecule has 0 spiro atoms. The minimum Gasteiger partial charge on any atom is -0.383 e. The van der Waals surface area contributed by atoms with Gasteiger partial charge in [-0.05, 0) is 37.8 Å². The zero-order chi connectivity index (χ0) is 10.8. The quantitative estimate of drug-likeness (QED) is 0.778. The minimum atomic E-state index is -0.125. The van der Waals surface area contributed by atoms with E-state index in [-0.39, 0.29) is 17.8 Å². The third-order valence-electron chi connectivity index (χ3n) is 2.77. The smallest absolute Gasteiger partial charge is 0.255 e. The van der Waals surface area contributed by atoms with Crippen molar-refractivity contribution >= 4 is 11.7 Å². The van der Waals surface area contributed by atoms with E-state index in [1.807, 2.05) is 6.92 Å². The molecular weight excluding hydrogens is 190 g/mol. The van der Waals surface area contributed by atoms with Crippen molar-refractivity contribution in [2.24, 2.45) is 5.92 Å². The van der Waals surface area contributed by atoms with Gasteiger partial charge in [0, 0.05) is 12.2 Å². The second kappa shape index (κ2) is 3.88. The molecule has 1 heterocycles. The molecule has 1 amide bonds. The molecule has 1 aliphatic carbocycles. The third-order valence-corrected chi connectivity index (χ3v) is 2.77. The molecule has 4 heteroatoms. The topological polar surface area (TPSA) is 68.0 Å². The number of carbonyl (C=O) groups is 1. The highest BCUT2D eigenvalue weighted by Gasteiger charge is 2.29. The highest BCUT2D eigenvalue weighted by atomic mass is 16.1. The number of aromatic nitrogens is 1. The van der Waals surface area contributed by atoms with Crippen LogP contribution in [-0.2, 0) is 0 Å². The van der Waals surface area contributed by atoms with E-state index in [1.54, 1.807) is 18.3 Å². The maximum Gasteiger partial charge on any atom is 0.255 e. The standard InChI is InChI=1S/C11H15N3O/c1-7(8-4-5-8)14-11(15)9-3-2-6-13-10(9)12/h2-3,6-8H,4-5H2,1H3,(H2,12,13)(H,14,15). The molecule has 1 aromatic rings. The lowest BCUT2D eigenvalue weighted by Gasteiger charge is -2.13. The van der Waals surface area contributed by atoms with Gasteiger partial charge in [-0.3, -0.25) is 4.79 Å². The Hall–Kier alpha value is -1.58. The molecule has 80 valence electrons. The van der Waals surface area contributed by atoms with Gasteiger partial charge in [-0.15, -0.1) is 0 Å². The van der Waals surface area contributed by atoms with E-state index >= 15 is 0 Å². The summed E-state index contributed by atoms with van der Waals surface area (Å²) in [5, 5.41) is 2.94. The van der Waals surface area contributed by atoms with Crippen LogP contribution in [0.4, 0.5) is 5.82 Å². The predicted molar refractivity (Wildman–Crippen MR) is 58.3 cm³/mol. The molecule has 3 N–H and O–H groups in total. The fourth-order valence-corrected chi connectivity index (χ4v) is 1.61. The van der Waals surface area contributed by atoms with E-state index in [4.69, 9.17) is 5.73 Å². The van der Waals surface area contributed by atoms with Crippen LogP contribution in [0.25, 0.3) is 0 Å². The first-order chi connectivity index (χ1) is 7.18. The van der Waals surface area contributed by atoms with Gasteiger partial charge in [-0.25, -0.2) is 4.98 Å². The summed E-state index contributed by atoms with van der Waals surface area (Å²) in [5.74, 6) is 0.810. The Labute approximate surface area is 88.9 Å². The van der Waals surface area contributed by atoms with Gasteiger partial charge in [-0.2, -0.15) is 0 Å². The molecule has 0 aliphatic heterocycles. The first-order valence-corrected chi connectivity index (χ1v) is 5.20. The van der Waals surface area contributed by atoms with Crippen molar-refractivity contribution in [1.29, 1.82) is 0 Å². The van der Waals surface area contributed by atoms with Crippen LogP contribution in [0.2, 0.25) is 0 Å². The molecular formula is C11H15N3O. The molecule has 0 aromatic carbocycles. The highest BCUT2D eigenvalue weighted by Crippen LogP contribution is 2.32. The van der Waals surface area contributed by atoms with Gasteiger partial charge >= 0.3 is 0 Å². The minimum absolute atomic E-state index is 0.125. The monoisotopic (exact) mass is 205 g/mol. The van der Waals surface area contributed by atoms with E-state index in [1.165, 1.54) is 12.8 Å². The number of anilines is 1. The Balaban J connectivity index is 2.04. The van der Waals surface area contributed by atoms with Crippen LogP contribution < -0.4 is 11.1 Å². The second-order valence-electron chi connectivity index (χ2n) is 4.04. The average Bonchev–Trinajstić information content (AvgIpc) is 3.01. The molecule has 15 heavy (non-hydrogen) atoms. The van der Waals surface area contributed by atoms with Crippen LogP contribution in [0, 0.1) is 5.92 Å². The first-order valence-electron chi connectivity index (χ1n) is 5.20. The first kappa shape index (κ1) is 9.96. The number of nitrogens with zero attached hydrogens (tertiary/aromatic N) is 1. The lowest BCUT2D eigenvalue weighted by Crippen LogP contribution is -2.34. The van der Waals surface area contributed by atoms with E-state index in [9.17, 15) is 4.79 Å². The van der Waals surface area contributed by atoms with Crippen molar-refractivity contribution in [3.63, 3.8) is 0 Å². The number of nitrogen functional groups attached to an aromatic ring is 1. The van der Waals surface area contributed by atoms with E-state index in [2.05, 4.69) is 10.3 Å². The van der Waals surface area contributed by atoms with Crippen molar-refractivity contribution in [1.82, 2.24) is 10.3 Å². The van der Waals surface area contributed by atoms with Crippen LogP contribution in [0.1, 0.15) is 30.1 Å². The zero-order valence-corrected chi connectivity index (χ0v) is 8.73. The predicted octanol–water partition coefficient (Wildman–Crippen LogP) is 1.19. The fraction of sp³-hybridized carbons (Fsp3) is 0.455. The molecule has 1 atom stereocenters. The van der Waals surface area contributed by atoms with Crippen LogP contribution >= 0.6 is 0 Å². The number of hydrogen-bond donors (Lipinski definition) is 2. The Morgan fingerprint density at radius 2 is 2.40 bits per heavy atom. The molecule has 0 radical (unpaired) electrons. The largest absolute Gasteiger partial charge is 0.383 e. The number of carbonyl (C=O) groups excluding carboxylic acids is 1. The molecule has 0 saturated heterocycles. The summed E-state index contributed by atoms with van der Waals surface area (Å²) < 4.78 is 0. The summed E-state index contributed by atoms with van der Waals surface area (Å²) in [6.07, 6.45) is 4.00. The zero-order valence-electron chi connectivity index (χ0n) is 8.73. The van der Waals surface area contributed by atoms with E-state index in [0.717, 1.165) is 0 Å². The second-order valence-corrected chi connectivity index (χ2v) is 4.04. The maximum absolute atomic E-state index is 11.8. The van der Waals surface area contributed by atoms with Gasteiger partial charge in [0.2, 0.25) is 0 Å². The van der Waals surface area contributed by atoms with Crippen LogP contribution in [0.3, 0.4) is 0 Å². The fourth-order valence-electron chi connectivity index (χ4n) is 1.61. The van der Waals surface area contributed by atoms with Crippen molar-refractivity contribution in [2.45, 2.75) is 25.8 Å². The summed E-state index contributed by atoms with van der Waals surface area (Å²) in [6, 6.07) is 3.64. The van der Waals surface area contributed by atoms with Crippen LogP contribution in [0.5, 0.6) is 0 Å². The number of nitrogens with one attached hydrogen (secondary N) is 1. The normalized spacial score (nSPS) is 17.1. The van der Waals surface area contributed by atoms with E-state index < -0.39 is 0 Å². The Kier molecular flexibility index (Phi) is 2.58. The number of rotatable bonds is 3. The Morgan fingerprint density at radius 1 is 1.67 bits per heavy atom. The van der Waals surface area contributed by atoms with Crippen molar-refractivity contribution in [3.8, 4) is 0 Å². The Bertz CT molecular complexity index is 374. The molecule has 1 aromatic heterocycles. The van der Waals surface area contributed by atoms with Crippen molar-refractivity contribution in [3.05, 3.63) is 23.9 Å². The van der Waals surface area contributed by atoms with Crippen molar-refractivity contribution in [2.75, 3.05) is 5.73 Å². The van der Waals surface area contributed by atoms with Crippen LogP contribution in [-0.4, -0.2) is 16.9 Å². The summed E-state index contributed by atoms with van der Waals surface area (Å²) in [7, 11) is 0. The van der Waals surface area contributed by atoms with Crippen molar-refractivity contribution < 1.29 is 4.79 Å². The Morgan fingerprint density at radius 3 is 3.00 bits per heavy atom. The molecule has 0 bridgehead atoms. The number of pyridine rings is 1. The number of nitrogens with two attached hydrogens (primary N) is 1. The van der Waals surface area contributed by atoms with Crippen LogP contribution in [0.15, 0.2) is 18.3 Å². The van der Waals surface area contributed by atoms with Gasteiger partial charge in [0.15, 0.2) is 0 Å². The molecule has 1 aliphatic rings. The summed E-state index contributed by atoms with van der Waals surface area (Å²) in [6.45, 7) is 2.03. The average molecular weight is 205 g/mol. The van der Waals surface area contributed by atoms with E-state index in [0.29, 0.717) is 11.5 Å². The number of amides is 1. The molecule has 1 saturated carbocycles. The molecule has 1 fully saturated rings. The maximum atomic E-state index is 11.8. The summed E-state index contributed by atoms with van der Waals surface area (Å²) in [4.78, 5) is 15.7. The van der Waals surface area contributed by atoms with Gasteiger partial charge in [0.1, 0.15) is 5.82 Å². The van der Waals surface area contributed by atoms with Gasteiger partial charge in [0.05, 0.1) is 5.56 Å². The van der Waals surface area contributed by atoms with Gasteiger partial charge in [-0.1, -0.05) is 0 Å². The molecule has 1 unspecified atom stereocenters. The molecule has 2 rings (SSSR count). The van der Waals surface area contributed by atoms with Gasteiger partial charge < -0.3 is 11.1 Å². The summed E-state index contributed by atoms with van der Waals surface area (Å²) in [5.41, 5.74) is 6.08. The van der Waals surface area contributed by atoms with Gasteiger partial charge in [0.25, 0.3) is 5.91 Å². The summed E-state index contributed by atoms with van der Waals surface area (Å²) >= 11 is 0. The lowest BCUT2D eigenvalue weighted by molar-refractivity contribution is 0.0936. The number of hydrogen-bond acceptors (Lipinski definition) is 3. The highest BCUT2D eigenvalue weighted by molar-refractivity contribution is 5.98. The molecule has 4 nitrogen and oxygen atoms in total. The third kappa shape index (κ3) is 2.26. The lowest BCUT2D eigenvalue weighted by atomic mass is 10.2. The SMILES string of the molecule is CC(NC(=O)c1cccnc1N)C1CC1.